The summed E-state index contributed by atoms with van der Waals surface area (Å²) >= 11 is 6.70. The van der Waals surface area contributed by atoms with Crippen LogP contribution in [0.25, 0.3) is 0 Å². The van der Waals surface area contributed by atoms with E-state index in [1.54, 1.807) is 17.5 Å². The van der Waals surface area contributed by atoms with Crippen LogP contribution >= 0.6 is 23.6 Å². The molecule has 0 aliphatic rings. The van der Waals surface area contributed by atoms with Crippen LogP contribution in [-0.2, 0) is 6.54 Å². The van der Waals surface area contributed by atoms with Crippen molar-refractivity contribution in [2.75, 3.05) is 0 Å². The van der Waals surface area contributed by atoms with Crippen molar-refractivity contribution in [1.82, 2.24) is 9.55 Å². The number of aromatic amines is 1. The SMILES string of the molecule is O=c1ccn(Cc2cccs2)c(=S)[nH]1. The smallest absolute Gasteiger partial charge is 0.251 e. The van der Waals surface area contributed by atoms with Crippen LogP contribution in [0.1, 0.15) is 4.88 Å². The van der Waals surface area contributed by atoms with Gasteiger partial charge in [0.2, 0.25) is 0 Å². The Hall–Kier alpha value is -1.20. The second-order valence-corrected chi connectivity index (χ2v) is 4.24. The first kappa shape index (κ1) is 9.36. The Bertz CT molecular complexity index is 524. The number of rotatable bonds is 2. The van der Waals surface area contributed by atoms with Gasteiger partial charge >= 0.3 is 0 Å². The number of hydrogen-bond acceptors (Lipinski definition) is 3. The van der Waals surface area contributed by atoms with Gasteiger partial charge in [0.15, 0.2) is 4.77 Å². The Morgan fingerprint density at radius 2 is 2.36 bits per heavy atom. The van der Waals surface area contributed by atoms with Crippen molar-refractivity contribution in [2.24, 2.45) is 0 Å². The maximum atomic E-state index is 10.9. The lowest BCUT2D eigenvalue weighted by Gasteiger charge is -2.02. The third-order valence-corrected chi connectivity index (χ3v) is 3.00. The van der Waals surface area contributed by atoms with Gasteiger partial charge in [-0.25, -0.2) is 0 Å². The normalized spacial score (nSPS) is 10.3. The fraction of sp³-hybridized carbons (Fsp3) is 0.111. The molecule has 5 heteroatoms. The summed E-state index contributed by atoms with van der Waals surface area (Å²) in [5, 5.41) is 2.02. The summed E-state index contributed by atoms with van der Waals surface area (Å²) in [5.74, 6) is 0. The van der Waals surface area contributed by atoms with E-state index >= 15 is 0 Å². The van der Waals surface area contributed by atoms with Crippen LogP contribution in [0.4, 0.5) is 0 Å². The molecule has 0 saturated heterocycles. The zero-order valence-corrected chi connectivity index (χ0v) is 8.90. The van der Waals surface area contributed by atoms with Crippen LogP contribution in [-0.4, -0.2) is 9.55 Å². The molecule has 0 spiro atoms. The summed E-state index contributed by atoms with van der Waals surface area (Å²) in [4.78, 5) is 14.7. The van der Waals surface area contributed by atoms with E-state index in [9.17, 15) is 4.79 Å². The monoisotopic (exact) mass is 224 g/mol. The van der Waals surface area contributed by atoms with Crippen molar-refractivity contribution in [1.29, 1.82) is 0 Å². The molecule has 0 aliphatic carbocycles. The van der Waals surface area contributed by atoms with E-state index in [2.05, 4.69) is 4.98 Å². The summed E-state index contributed by atoms with van der Waals surface area (Å²) in [7, 11) is 0. The first-order valence-electron chi connectivity index (χ1n) is 4.08. The molecule has 0 atom stereocenters. The van der Waals surface area contributed by atoms with E-state index in [1.807, 2.05) is 22.1 Å². The van der Waals surface area contributed by atoms with Gasteiger partial charge in [-0.15, -0.1) is 11.3 Å². The molecule has 0 fully saturated rings. The van der Waals surface area contributed by atoms with E-state index < -0.39 is 0 Å². The highest BCUT2D eigenvalue weighted by Crippen LogP contribution is 2.09. The largest absolute Gasteiger partial charge is 0.320 e. The lowest BCUT2D eigenvalue weighted by molar-refractivity contribution is 0.754. The number of nitrogens with zero attached hydrogens (tertiary/aromatic N) is 1. The van der Waals surface area contributed by atoms with Gasteiger partial charge in [-0.2, -0.15) is 0 Å². The van der Waals surface area contributed by atoms with E-state index in [4.69, 9.17) is 12.2 Å². The molecule has 0 aliphatic heterocycles. The van der Waals surface area contributed by atoms with Crippen molar-refractivity contribution in [2.45, 2.75) is 6.54 Å². The zero-order chi connectivity index (χ0) is 9.97. The minimum Gasteiger partial charge on any atom is -0.320 e. The van der Waals surface area contributed by atoms with Gasteiger partial charge in [-0.05, 0) is 23.7 Å². The fourth-order valence-corrected chi connectivity index (χ4v) is 2.07. The lowest BCUT2D eigenvalue weighted by Crippen LogP contribution is -2.11. The molecule has 0 aromatic carbocycles. The van der Waals surface area contributed by atoms with Crippen molar-refractivity contribution in [3.63, 3.8) is 0 Å². The Balaban J connectivity index is 2.35. The van der Waals surface area contributed by atoms with E-state index in [1.165, 1.54) is 10.9 Å². The summed E-state index contributed by atoms with van der Waals surface area (Å²) < 4.78 is 2.30. The second-order valence-electron chi connectivity index (χ2n) is 2.82. The first-order valence-corrected chi connectivity index (χ1v) is 5.36. The number of nitrogens with one attached hydrogen (secondary N) is 1. The molecule has 0 amide bonds. The number of thiophene rings is 1. The predicted octanol–water partition coefficient (Wildman–Crippen LogP) is 2.02. The van der Waals surface area contributed by atoms with Crippen LogP contribution in [0.2, 0.25) is 0 Å². The van der Waals surface area contributed by atoms with Gasteiger partial charge in [0, 0.05) is 17.1 Å². The molecule has 72 valence electrons. The Morgan fingerprint density at radius 1 is 1.50 bits per heavy atom. The number of hydrogen-bond donors (Lipinski definition) is 1. The topological polar surface area (TPSA) is 37.8 Å². The second kappa shape index (κ2) is 3.89. The summed E-state index contributed by atoms with van der Waals surface area (Å²) in [6.45, 7) is 0.716. The molecule has 2 aromatic heterocycles. The third-order valence-electron chi connectivity index (χ3n) is 1.80. The maximum Gasteiger partial charge on any atom is 0.251 e. The van der Waals surface area contributed by atoms with Crippen molar-refractivity contribution in [3.05, 3.63) is 49.8 Å². The minimum absolute atomic E-state index is 0.155. The number of aromatic nitrogens is 2. The van der Waals surface area contributed by atoms with Crippen LogP contribution in [0.5, 0.6) is 0 Å². The van der Waals surface area contributed by atoms with Crippen molar-refractivity contribution >= 4 is 23.6 Å². The molecule has 0 bridgehead atoms. The Kier molecular flexibility index (Phi) is 2.60. The number of H-pyrrole nitrogens is 1. The first-order chi connectivity index (χ1) is 6.75. The van der Waals surface area contributed by atoms with Gasteiger partial charge in [0.05, 0.1) is 6.54 Å². The highest BCUT2D eigenvalue weighted by atomic mass is 32.1. The quantitative estimate of drug-likeness (QED) is 0.792. The van der Waals surface area contributed by atoms with Crippen molar-refractivity contribution in [3.8, 4) is 0 Å². The van der Waals surface area contributed by atoms with Crippen LogP contribution < -0.4 is 5.56 Å². The van der Waals surface area contributed by atoms with Gasteiger partial charge in [0.1, 0.15) is 0 Å². The van der Waals surface area contributed by atoms with Crippen LogP contribution in [0.3, 0.4) is 0 Å². The van der Waals surface area contributed by atoms with Gasteiger partial charge in [0.25, 0.3) is 5.56 Å². The summed E-state index contributed by atoms with van der Waals surface area (Å²) in [6.07, 6.45) is 1.71. The average molecular weight is 224 g/mol. The Morgan fingerprint density at radius 3 is 3.00 bits per heavy atom. The van der Waals surface area contributed by atoms with E-state index in [0.29, 0.717) is 11.3 Å². The molecule has 0 radical (unpaired) electrons. The molecule has 0 unspecified atom stereocenters. The fourth-order valence-electron chi connectivity index (χ4n) is 1.14. The predicted molar refractivity (Wildman–Crippen MR) is 59.3 cm³/mol. The van der Waals surface area contributed by atoms with Crippen LogP contribution in [0, 0.1) is 4.77 Å². The van der Waals surface area contributed by atoms with Gasteiger partial charge in [-0.3, -0.25) is 9.78 Å². The summed E-state index contributed by atoms with van der Waals surface area (Å²) in [6, 6.07) is 5.51. The summed E-state index contributed by atoms with van der Waals surface area (Å²) in [5.41, 5.74) is -0.155. The maximum absolute atomic E-state index is 10.9. The van der Waals surface area contributed by atoms with Crippen molar-refractivity contribution < 1.29 is 0 Å². The lowest BCUT2D eigenvalue weighted by atomic mass is 10.4. The third kappa shape index (κ3) is 2.00. The average Bonchev–Trinajstić information content (AvgIpc) is 2.62. The minimum atomic E-state index is -0.155. The highest BCUT2D eigenvalue weighted by molar-refractivity contribution is 7.71. The molecule has 2 aromatic rings. The van der Waals surface area contributed by atoms with E-state index in [0.717, 1.165) is 0 Å². The van der Waals surface area contributed by atoms with Gasteiger partial charge < -0.3 is 4.57 Å². The van der Waals surface area contributed by atoms with E-state index in [-0.39, 0.29) is 5.56 Å². The molecule has 2 rings (SSSR count). The standard InChI is InChI=1S/C9H8N2OS2/c12-8-3-4-11(9(13)10-8)6-7-2-1-5-14-7/h1-5H,6H2,(H,10,12,13). The highest BCUT2D eigenvalue weighted by Gasteiger charge is 1.96. The van der Waals surface area contributed by atoms with Crippen LogP contribution in [0.15, 0.2) is 34.6 Å². The molecular weight excluding hydrogens is 216 g/mol. The molecule has 14 heavy (non-hydrogen) atoms. The molecule has 2 heterocycles. The molecule has 1 N–H and O–H groups in total. The van der Waals surface area contributed by atoms with Gasteiger partial charge in [-0.1, -0.05) is 6.07 Å². The Labute approximate surface area is 89.7 Å². The molecule has 0 saturated carbocycles. The molecular formula is C9H8N2OS2. The molecule has 3 nitrogen and oxygen atoms in total. The zero-order valence-electron chi connectivity index (χ0n) is 7.27.